The fraction of sp³-hybridized carbons (Fsp3) is 0.409. The van der Waals surface area contributed by atoms with Gasteiger partial charge in [0, 0.05) is 33.5 Å². The molecule has 0 aromatic heterocycles. The third-order valence-electron chi connectivity index (χ3n) is 4.80. The second-order valence-electron chi connectivity index (χ2n) is 8.32. The molecule has 2 aromatic carbocycles. The van der Waals surface area contributed by atoms with Crippen LogP contribution in [0.15, 0.2) is 46.2 Å². The summed E-state index contributed by atoms with van der Waals surface area (Å²) in [5, 5.41) is 11.6. The summed E-state index contributed by atoms with van der Waals surface area (Å²) >= 11 is 6.91. The Kier molecular flexibility index (Phi) is 6.65. The summed E-state index contributed by atoms with van der Waals surface area (Å²) in [7, 11) is 0. The first-order valence-electron chi connectivity index (χ1n) is 9.60. The molecule has 4 nitrogen and oxygen atoms in total. The minimum atomic E-state index is -1.34. The topological polar surface area (TPSA) is 49.8 Å². The van der Waals surface area contributed by atoms with Crippen LogP contribution in [0, 0.1) is 11.6 Å². The number of likely N-dealkylation sites (tertiary alicyclic amines) is 1. The van der Waals surface area contributed by atoms with Gasteiger partial charge in [0.25, 0.3) is 0 Å². The Morgan fingerprint density at radius 1 is 1.13 bits per heavy atom. The van der Waals surface area contributed by atoms with Gasteiger partial charge < -0.3 is 14.7 Å². The van der Waals surface area contributed by atoms with Gasteiger partial charge in [0.1, 0.15) is 17.2 Å². The molecule has 1 aliphatic heterocycles. The number of hydrogen-bond acceptors (Lipinski definition) is 4. The van der Waals surface area contributed by atoms with Gasteiger partial charge in [-0.15, -0.1) is 0 Å². The maximum atomic E-state index is 14.3. The van der Waals surface area contributed by atoms with Crippen LogP contribution in [0.3, 0.4) is 0 Å². The van der Waals surface area contributed by atoms with Crippen molar-refractivity contribution in [3.63, 3.8) is 0 Å². The van der Waals surface area contributed by atoms with Crippen LogP contribution >= 0.6 is 23.4 Å². The smallest absolute Gasteiger partial charge is 0.410 e. The molecule has 162 valence electrons. The van der Waals surface area contributed by atoms with E-state index in [9.17, 15) is 18.7 Å². The van der Waals surface area contributed by atoms with E-state index in [1.807, 2.05) is 0 Å². The number of piperidine rings is 1. The lowest BCUT2D eigenvalue weighted by Crippen LogP contribution is -2.47. The van der Waals surface area contributed by atoms with Gasteiger partial charge in [-0.3, -0.25) is 0 Å². The highest BCUT2D eigenvalue weighted by molar-refractivity contribution is 7.99. The molecule has 1 N–H and O–H groups in total. The van der Waals surface area contributed by atoms with E-state index in [1.54, 1.807) is 32.9 Å². The van der Waals surface area contributed by atoms with Gasteiger partial charge in [0.05, 0.1) is 5.60 Å². The summed E-state index contributed by atoms with van der Waals surface area (Å²) in [4.78, 5) is 14.7. The first-order chi connectivity index (χ1) is 14.0. The molecule has 1 fully saturated rings. The van der Waals surface area contributed by atoms with Crippen molar-refractivity contribution in [2.45, 2.75) is 54.6 Å². The first kappa shape index (κ1) is 22.8. The normalized spacial score (nSPS) is 16.4. The Morgan fingerprint density at radius 3 is 2.37 bits per heavy atom. The number of aliphatic hydroxyl groups is 1. The lowest BCUT2D eigenvalue weighted by atomic mass is 9.84. The Hall–Kier alpha value is -1.83. The van der Waals surface area contributed by atoms with Gasteiger partial charge in [-0.05, 0) is 70.0 Å². The summed E-state index contributed by atoms with van der Waals surface area (Å²) < 4.78 is 33.7. The van der Waals surface area contributed by atoms with Crippen LogP contribution in [0.1, 0.15) is 39.2 Å². The highest BCUT2D eigenvalue weighted by Gasteiger charge is 2.38. The largest absolute Gasteiger partial charge is 0.444 e. The Labute approximate surface area is 184 Å². The molecule has 0 bridgehead atoms. The predicted octanol–water partition coefficient (Wildman–Crippen LogP) is 5.99. The number of carbonyl (C=O) groups excluding carboxylic acids is 1. The number of hydrogen-bond donors (Lipinski definition) is 1. The van der Waals surface area contributed by atoms with Crippen molar-refractivity contribution in [3.8, 4) is 0 Å². The van der Waals surface area contributed by atoms with Gasteiger partial charge in [-0.1, -0.05) is 23.4 Å². The number of rotatable bonds is 3. The zero-order valence-electron chi connectivity index (χ0n) is 17.0. The molecule has 0 unspecified atom stereocenters. The molecule has 0 saturated carbocycles. The van der Waals surface area contributed by atoms with E-state index in [4.69, 9.17) is 16.3 Å². The quantitative estimate of drug-likeness (QED) is 0.617. The van der Waals surface area contributed by atoms with Crippen LogP contribution in [0.5, 0.6) is 0 Å². The van der Waals surface area contributed by atoms with Crippen LogP contribution in [0.25, 0.3) is 0 Å². The minimum Gasteiger partial charge on any atom is -0.444 e. The van der Waals surface area contributed by atoms with E-state index < -0.39 is 28.9 Å². The number of carbonyl (C=O) groups is 1. The third-order valence-corrected chi connectivity index (χ3v) is 6.16. The average molecular weight is 456 g/mol. The molecule has 1 saturated heterocycles. The molecule has 1 heterocycles. The summed E-state index contributed by atoms with van der Waals surface area (Å²) in [6.45, 7) is 5.90. The van der Waals surface area contributed by atoms with E-state index in [0.29, 0.717) is 15.4 Å². The molecule has 8 heteroatoms. The Balaban J connectivity index is 1.82. The highest BCUT2D eigenvalue weighted by Crippen LogP contribution is 2.42. The molecule has 0 spiro atoms. The van der Waals surface area contributed by atoms with Crippen LogP contribution in [-0.4, -0.2) is 34.8 Å². The number of halogens is 3. The van der Waals surface area contributed by atoms with Crippen molar-refractivity contribution in [2.24, 2.45) is 0 Å². The minimum absolute atomic E-state index is 0.215. The summed E-state index contributed by atoms with van der Waals surface area (Å²) in [6, 6.07) is 8.41. The van der Waals surface area contributed by atoms with Crippen molar-refractivity contribution in [2.75, 3.05) is 13.1 Å². The lowest BCUT2D eigenvalue weighted by molar-refractivity contribution is -0.0373. The van der Waals surface area contributed by atoms with Gasteiger partial charge in [0.15, 0.2) is 0 Å². The monoisotopic (exact) mass is 455 g/mol. The fourth-order valence-corrected chi connectivity index (χ4v) is 4.47. The van der Waals surface area contributed by atoms with E-state index >= 15 is 0 Å². The van der Waals surface area contributed by atoms with Crippen molar-refractivity contribution >= 4 is 29.5 Å². The van der Waals surface area contributed by atoms with Gasteiger partial charge in [-0.25, -0.2) is 13.6 Å². The molecule has 1 amide bonds. The summed E-state index contributed by atoms with van der Waals surface area (Å²) in [6.07, 6.45) is -0.0137. The first-order valence-corrected chi connectivity index (χ1v) is 10.8. The predicted molar refractivity (Wildman–Crippen MR) is 113 cm³/mol. The standard InChI is InChI=1S/C22H24ClF2NO3S/c1-21(2,3)29-20(27)26-10-8-22(28,9-11-26)16-13-15(24)5-7-18(16)30-19-6-4-14(23)12-17(19)25/h4-7,12-13,28H,8-11H2,1-3H3. The van der Waals surface area contributed by atoms with Crippen LogP contribution < -0.4 is 0 Å². The molecule has 0 aliphatic carbocycles. The molecule has 2 aromatic rings. The SMILES string of the molecule is CC(C)(C)OC(=O)N1CCC(O)(c2cc(F)ccc2Sc2ccc(Cl)cc2F)CC1. The van der Waals surface area contributed by atoms with Gasteiger partial charge >= 0.3 is 6.09 Å². The second-order valence-corrected chi connectivity index (χ2v) is 9.84. The maximum absolute atomic E-state index is 14.3. The molecule has 0 atom stereocenters. The van der Waals surface area contributed by atoms with Gasteiger partial charge in [-0.2, -0.15) is 0 Å². The van der Waals surface area contributed by atoms with Crippen LogP contribution in [-0.2, 0) is 10.3 Å². The van der Waals surface area contributed by atoms with E-state index in [1.165, 1.54) is 29.2 Å². The fourth-order valence-electron chi connectivity index (χ4n) is 3.29. The lowest BCUT2D eigenvalue weighted by Gasteiger charge is -2.39. The molecule has 30 heavy (non-hydrogen) atoms. The van der Waals surface area contributed by atoms with E-state index in [2.05, 4.69) is 0 Å². The molecule has 1 aliphatic rings. The Morgan fingerprint density at radius 2 is 1.77 bits per heavy atom. The summed E-state index contributed by atoms with van der Waals surface area (Å²) in [5.74, 6) is -0.983. The Bertz CT molecular complexity index is 940. The number of nitrogens with zero attached hydrogens (tertiary/aromatic N) is 1. The van der Waals surface area contributed by atoms with Crippen LogP contribution in [0.2, 0.25) is 5.02 Å². The van der Waals surface area contributed by atoms with E-state index in [0.717, 1.165) is 11.8 Å². The zero-order valence-corrected chi connectivity index (χ0v) is 18.6. The number of benzene rings is 2. The highest BCUT2D eigenvalue weighted by atomic mass is 35.5. The van der Waals surface area contributed by atoms with Crippen molar-refractivity contribution < 1.29 is 23.4 Å². The zero-order chi connectivity index (χ0) is 22.1. The average Bonchev–Trinajstić information content (AvgIpc) is 2.64. The maximum Gasteiger partial charge on any atom is 0.410 e. The van der Waals surface area contributed by atoms with Gasteiger partial charge in [0.2, 0.25) is 0 Å². The summed E-state index contributed by atoms with van der Waals surface area (Å²) in [5.41, 5.74) is -1.57. The molecule has 3 rings (SSSR count). The third kappa shape index (κ3) is 5.45. The van der Waals surface area contributed by atoms with Crippen molar-refractivity contribution in [3.05, 3.63) is 58.6 Å². The van der Waals surface area contributed by atoms with Crippen LogP contribution in [0.4, 0.5) is 13.6 Å². The van der Waals surface area contributed by atoms with Crippen molar-refractivity contribution in [1.29, 1.82) is 0 Å². The number of amides is 1. The molecular formula is C22H24ClF2NO3S. The number of ether oxygens (including phenoxy) is 1. The molecular weight excluding hydrogens is 432 g/mol. The second kappa shape index (κ2) is 8.73. The molecule has 0 radical (unpaired) electrons. The van der Waals surface area contributed by atoms with E-state index in [-0.39, 0.29) is 31.0 Å². The van der Waals surface area contributed by atoms with Crippen molar-refractivity contribution in [1.82, 2.24) is 4.90 Å².